The lowest BCUT2D eigenvalue weighted by molar-refractivity contribution is 0.621. The van der Waals surface area contributed by atoms with Crippen LogP contribution in [0.2, 0.25) is 0 Å². The maximum atomic E-state index is 12.5. The molecule has 0 bridgehead atoms. The minimum Gasteiger partial charge on any atom is -0.370 e. The summed E-state index contributed by atoms with van der Waals surface area (Å²) in [6, 6.07) is 2.94. The van der Waals surface area contributed by atoms with Gasteiger partial charge < -0.3 is 5.32 Å². The smallest absolute Gasteiger partial charge is 0.141 e. The molecule has 1 unspecified atom stereocenters. The first-order valence-electron chi connectivity index (χ1n) is 4.34. The lowest BCUT2D eigenvalue weighted by Gasteiger charge is -2.03. The molecule has 0 fully saturated rings. The first-order chi connectivity index (χ1) is 6.68. The lowest BCUT2D eigenvalue weighted by atomic mass is 10.4. The van der Waals surface area contributed by atoms with Crippen LogP contribution in [0.15, 0.2) is 18.3 Å². The number of hydrogen-bond donors (Lipinski definition) is 1. The summed E-state index contributed by atoms with van der Waals surface area (Å²) in [5, 5.41) is 3.01. The Morgan fingerprint density at radius 3 is 2.93 bits per heavy atom. The Morgan fingerprint density at radius 1 is 1.57 bits per heavy atom. The van der Waals surface area contributed by atoms with E-state index in [9.17, 15) is 8.60 Å². The maximum Gasteiger partial charge on any atom is 0.141 e. The van der Waals surface area contributed by atoms with Crippen LogP contribution in [-0.2, 0) is 10.8 Å². The zero-order chi connectivity index (χ0) is 10.4. The highest BCUT2D eigenvalue weighted by Gasteiger charge is 1.95. The molecule has 1 aromatic rings. The molecule has 0 saturated heterocycles. The molecular formula is C9H13FN2OS. The molecule has 1 heterocycles. The first-order valence-corrected chi connectivity index (χ1v) is 6.06. The number of nitrogens with zero attached hydrogens (tertiary/aromatic N) is 1. The molecule has 0 radical (unpaired) electrons. The zero-order valence-corrected chi connectivity index (χ0v) is 8.81. The van der Waals surface area contributed by atoms with Gasteiger partial charge >= 0.3 is 0 Å². The molecule has 3 nitrogen and oxygen atoms in total. The fourth-order valence-corrected chi connectivity index (χ4v) is 1.52. The molecule has 0 amide bonds. The van der Waals surface area contributed by atoms with E-state index in [1.807, 2.05) is 0 Å². The van der Waals surface area contributed by atoms with Crippen LogP contribution in [0.4, 0.5) is 10.2 Å². The van der Waals surface area contributed by atoms with Crippen molar-refractivity contribution in [3.05, 3.63) is 24.1 Å². The van der Waals surface area contributed by atoms with Crippen molar-refractivity contribution in [2.75, 3.05) is 23.9 Å². The van der Waals surface area contributed by atoms with Crippen LogP contribution in [0, 0.1) is 5.82 Å². The van der Waals surface area contributed by atoms with Crippen LogP contribution in [0.5, 0.6) is 0 Å². The van der Waals surface area contributed by atoms with E-state index >= 15 is 0 Å². The summed E-state index contributed by atoms with van der Waals surface area (Å²) in [6.07, 6.45) is 3.67. The zero-order valence-electron chi connectivity index (χ0n) is 8.00. The van der Waals surface area contributed by atoms with E-state index in [1.165, 1.54) is 12.3 Å². The molecule has 14 heavy (non-hydrogen) atoms. The second kappa shape index (κ2) is 5.70. The standard InChI is InChI=1S/C9H13FN2OS/c1-14(13)6-2-5-11-9-4-3-8(10)7-12-9/h3-4,7H,2,5-6H2,1H3,(H,11,12). The number of pyridine rings is 1. The summed E-state index contributed by atoms with van der Waals surface area (Å²) < 4.78 is 23.2. The Labute approximate surface area is 85.2 Å². The average molecular weight is 216 g/mol. The van der Waals surface area contributed by atoms with E-state index in [4.69, 9.17) is 0 Å². The minimum absolute atomic E-state index is 0.342. The van der Waals surface area contributed by atoms with E-state index in [0.29, 0.717) is 18.1 Å². The number of aromatic nitrogens is 1. The van der Waals surface area contributed by atoms with Crippen molar-refractivity contribution in [3.8, 4) is 0 Å². The Morgan fingerprint density at radius 2 is 2.36 bits per heavy atom. The summed E-state index contributed by atoms with van der Waals surface area (Å²) in [5.74, 6) is 0.979. The predicted octanol–water partition coefficient (Wildman–Crippen LogP) is 1.40. The summed E-state index contributed by atoms with van der Waals surface area (Å²) in [5.41, 5.74) is 0. The van der Waals surface area contributed by atoms with Gasteiger partial charge in [-0.3, -0.25) is 4.21 Å². The minimum atomic E-state index is -0.748. The first kappa shape index (κ1) is 11.1. The molecule has 1 rings (SSSR count). The molecule has 5 heteroatoms. The van der Waals surface area contributed by atoms with Gasteiger partial charge in [-0.25, -0.2) is 9.37 Å². The quantitative estimate of drug-likeness (QED) is 0.756. The van der Waals surface area contributed by atoms with Gasteiger partial charge in [0.2, 0.25) is 0 Å². The van der Waals surface area contributed by atoms with Crippen LogP contribution in [0.1, 0.15) is 6.42 Å². The Hall–Kier alpha value is -0.970. The number of halogens is 1. The van der Waals surface area contributed by atoms with Crippen molar-refractivity contribution in [2.45, 2.75) is 6.42 Å². The van der Waals surface area contributed by atoms with Gasteiger partial charge in [-0.1, -0.05) is 0 Å². The number of nitrogens with one attached hydrogen (secondary N) is 1. The SMILES string of the molecule is CS(=O)CCCNc1ccc(F)cn1. The van der Waals surface area contributed by atoms with E-state index in [1.54, 1.807) is 12.3 Å². The molecule has 1 N–H and O–H groups in total. The van der Waals surface area contributed by atoms with Gasteiger partial charge in [0.1, 0.15) is 11.6 Å². The Kier molecular flexibility index (Phi) is 4.52. The molecule has 0 aromatic carbocycles. The van der Waals surface area contributed by atoms with Gasteiger partial charge in [-0.05, 0) is 18.6 Å². The molecule has 78 valence electrons. The number of hydrogen-bond acceptors (Lipinski definition) is 3. The number of anilines is 1. The third-order valence-corrected chi connectivity index (χ3v) is 2.51. The van der Waals surface area contributed by atoms with Crippen molar-refractivity contribution >= 4 is 16.6 Å². The van der Waals surface area contributed by atoms with Crippen LogP contribution < -0.4 is 5.32 Å². The van der Waals surface area contributed by atoms with Gasteiger partial charge in [0, 0.05) is 29.4 Å². The lowest BCUT2D eigenvalue weighted by Crippen LogP contribution is -2.07. The normalized spacial score (nSPS) is 12.4. The van der Waals surface area contributed by atoms with Crippen LogP contribution in [-0.4, -0.2) is 27.7 Å². The summed E-state index contributed by atoms with van der Waals surface area (Å²) >= 11 is 0. The van der Waals surface area contributed by atoms with Crippen LogP contribution in [0.3, 0.4) is 0 Å². The summed E-state index contributed by atoms with van der Waals surface area (Å²) in [7, 11) is -0.748. The molecule has 0 aliphatic carbocycles. The van der Waals surface area contributed by atoms with Crippen molar-refractivity contribution in [1.82, 2.24) is 4.98 Å². The van der Waals surface area contributed by atoms with Crippen molar-refractivity contribution in [2.24, 2.45) is 0 Å². The molecule has 0 aliphatic rings. The van der Waals surface area contributed by atoms with Gasteiger partial charge in [0.25, 0.3) is 0 Å². The fraction of sp³-hybridized carbons (Fsp3) is 0.444. The monoisotopic (exact) mass is 216 g/mol. The van der Waals surface area contributed by atoms with E-state index in [0.717, 1.165) is 6.42 Å². The molecular weight excluding hydrogens is 203 g/mol. The maximum absolute atomic E-state index is 12.5. The Balaban J connectivity index is 2.25. The van der Waals surface area contributed by atoms with Crippen LogP contribution in [0.25, 0.3) is 0 Å². The third-order valence-electron chi connectivity index (χ3n) is 1.64. The Bertz CT molecular complexity index is 302. The molecule has 0 spiro atoms. The van der Waals surface area contributed by atoms with Gasteiger partial charge in [0.15, 0.2) is 0 Å². The second-order valence-electron chi connectivity index (χ2n) is 2.92. The van der Waals surface area contributed by atoms with E-state index < -0.39 is 10.8 Å². The predicted molar refractivity (Wildman–Crippen MR) is 56.2 cm³/mol. The molecule has 0 saturated carbocycles. The third kappa shape index (κ3) is 4.32. The largest absolute Gasteiger partial charge is 0.370 e. The molecule has 0 aliphatic heterocycles. The topological polar surface area (TPSA) is 42.0 Å². The van der Waals surface area contributed by atoms with E-state index in [-0.39, 0.29) is 5.82 Å². The number of rotatable bonds is 5. The van der Waals surface area contributed by atoms with Crippen molar-refractivity contribution in [1.29, 1.82) is 0 Å². The highest BCUT2D eigenvalue weighted by molar-refractivity contribution is 7.84. The molecule has 1 aromatic heterocycles. The summed E-state index contributed by atoms with van der Waals surface area (Å²) in [4.78, 5) is 3.83. The van der Waals surface area contributed by atoms with Gasteiger partial charge in [0.05, 0.1) is 6.20 Å². The highest BCUT2D eigenvalue weighted by atomic mass is 32.2. The summed E-state index contributed by atoms with van der Waals surface area (Å²) in [6.45, 7) is 0.707. The van der Waals surface area contributed by atoms with Crippen LogP contribution >= 0.6 is 0 Å². The van der Waals surface area contributed by atoms with Gasteiger partial charge in [-0.2, -0.15) is 0 Å². The van der Waals surface area contributed by atoms with Crippen molar-refractivity contribution < 1.29 is 8.60 Å². The van der Waals surface area contributed by atoms with Gasteiger partial charge in [-0.15, -0.1) is 0 Å². The molecule has 1 atom stereocenters. The van der Waals surface area contributed by atoms with E-state index in [2.05, 4.69) is 10.3 Å². The average Bonchev–Trinajstić information content (AvgIpc) is 2.15. The second-order valence-corrected chi connectivity index (χ2v) is 4.47. The van der Waals surface area contributed by atoms with Crippen molar-refractivity contribution in [3.63, 3.8) is 0 Å². The fourth-order valence-electron chi connectivity index (χ4n) is 0.972. The highest BCUT2D eigenvalue weighted by Crippen LogP contribution is 2.02.